The Bertz CT molecular complexity index is 1050. The highest BCUT2D eigenvalue weighted by molar-refractivity contribution is 6.06. The van der Waals surface area contributed by atoms with Gasteiger partial charge in [-0.2, -0.15) is 0 Å². The van der Waals surface area contributed by atoms with E-state index in [9.17, 15) is 14.9 Å². The van der Waals surface area contributed by atoms with Gasteiger partial charge >= 0.3 is 0 Å². The minimum absolute atomic E-state index is 0.0307. The SMILES string of the molecule is CCc1nc2ccc(C(=O)Nc3ccc(C)c([N+](=O)[O-])c3)cc2nc1CC. The topological polar surface area (TPSA) is 98.0 Å². The van der Waals surface area contributed by atoms with Crippen molar-refractivity contribution in [1.82, 2.24) is 9.97 Å². The summed E-state index contributed by atoms with van der Waals surface area (Å²) in [5, 5.41) is 13.8. The highest BCUT2D eigenvalue weighted by atomic mass is 16.6. The third-order valence-electron chi connectivity index (χ3n) is 4.42. The summed E-state index contributed by atoms with van der Waals surface area (Å²) in [6.07, 6.45) is 1.58. The maximum absolute atomic E-state index is 12.6. The molecule has 7 heteroatoms. The number of fused-ring (bicyclic) bond motifs is 1. The molecule has 27 heavy (non-hydrogen) atoms. The van der Waals surface area contributed by atoms with Crippen LogP contribution in [0.5, 0.6) is 0 Å². The van der Waals surface area contributed by atoms with Crippen molar-refractivity contribution < 1.29 is 9.72 Å². The quantitative estimate of drug-likeness (QED) is 0.540. The van der Waals surface area contributed by atoms with Crippen molar-refractivity contribution in [2.75, 3.05) is 5.32 Å². The summed E-state index contributed by atoms with van der Waals surface area (Å²) in [7, 11) is 0. The fraction of sp³-hybridized carbons (Fsp3) is 0.250. The zero-order valence-electron chi connectivity index (χ0n) is 15.4. The molecule has 1 amide bonds. The number of nitro groups is 1. The molecule has 1 heterocycles. The zero-order valence-corrected chi connectivity index (χ0v) is 15.4. The van der Waals surface area contributed by atoms with E-state index in [0.717, 1.165) is 29.7 Å². The third-order valence-corrected chi connectivity index (χ3v) is 4.42. The molecule has 0 spiro atoms. The van der Waals surface area contributed by atoms with Crippen LogP contribution in [-0.2, 0) is 12.8 Å². The highest BCUT2D eigenvalue weighted by Gasteiger charge is 2.14. The number of carbonyl (C=O) groups excluding carboxylic acids is 1. The number of carbonyl (C=O) groups is 1. The maximum atomic E-state index is 12.6. The van der Waals surface area contributed by atoms with Crippen molar-refractivity contribution in [2.24, 2.45) is 0 Å². The van der Waals surface area contributed by atoms with Crippen molar-refractivity contribution in [1.29, 1.82) is 0 Å². The summed E-state index contributed by atoms with van der Waals surface area (Å²) < 4.78 is 0. The largest absolute Gasteiger partial charge is 0.322 e. The number of benzene rings is 2. The van der Waals surface area contributed by atoms with Crippen LogP contribution in [-0.4, -0.2) is 20.8 Å². The third kappa shape index (κ3) is 3.76. The van der Waals surface area contributed by atoms with Gasteiger partial charge in [-0.25, -0.2) is 9.97 Å². The Morgan fingerprint density at radius 2 is 1.70 bits per heavy atom. The normalized spacial score (nSPS) is 10.8. The van der Waals surface area contributed by atoms with E-state index in [4.69, 9.17) is 0 Å². The van der Waals surface area contributed by atoms with E-state index in [2.05, 4.69) is 15.3 Å². The van der Waals surface area contributed by atoms with Crippen molar-refractivity contribution in [3.63, 3.8) is 0 Å². The van der Waals surface area contributed by atoms with Gasteiger partial charge in [0.15, 0.2) is 0 Å². The molecule has 2 aromatic carbocycles. The van der Waals surface area contributed by atoms with Crippen LogP contribution in [0.2, 0.25) is 0 Å². The molecule has 0 radical (unpaired) electrons. The fourth-order valence-corrected chi connectivity index (χ4v) is 2.92. The average molecular weight is 364 g/mol. The first-order chi connectivity index (χ1) is 12.9. The van der Waals surface area contributed by atoms with Gasteiger partial charge in [-0.3, -0.25) is 14.9 Å². The Labute approximate surface area is 156 Å². The second kappa shape index (κ2) is 7.49. The molecular formula is C20H20N4O3. The van der Waals surface area contributed by atoms with Gasteiger partial charge in [0.1, 0.15) is 0 Å². The lowest BCUT2D eigenvalue weighted by molar-refractivity contribution is -0.385. The van der Waals surface area contributed by atoms with Gasteiger partial charge < -0.3 is 5.32 Å². The lowest BCUT2D eigenvalue weighted by Gasteiger charge is -2.09. The van der Waals surface area contributed by atoms with Crippen molar-refractivity contribution in [3.8, 4) is 0 Å². The molecule has 0 unspecified atom stereocenters. The Morgan fingerprint density at radius 3 is 2.33 bits per heavy atom. The predicted octanol–water partition coefficient (Wildman–Crippen LogP) is 4.22. The molecule has 0 saturated carbocycles. The highest BCUT2D eigenvalue weighted by Crippen LogP contribution is 2.23. The van der Waals surface area contributed by atoms with Gasteiger partial charge in [-0.05, 0) is 44.0 Å². The summed E-state index contributed by atoms with van der Waals surface area (Å²) >= 11 is 0. The number of aryl methyl sites for hydroxylation is 3. The Hall–Kier alpha value is -3.35. The molecule has 0 saturated heterocycles. The predicted molar refractivity (Wildman–Crippen MR) is 104 cm³/mol. The first-order valence-corrected chi connectivity index (χ1v) is 8.78. The fourth-order valence-electron chi connectivity index (χ4n) is 2.92. The van der Waals surface area contributed by atoms with Crippen LogP contribution in [0.15, 0.2) is 36.4 Å². The second-order valence-corrected chi connectivity index (χ2v) is 6.24. The molecule has 1 aromatic heterocycles. The molecule has 3 rings (SSSR count). The molecule has 0 atom stereocenters. The minimum Gasteiger partial charge on any atom is -0.322 e. The van der Waals surface area contributed by atoms with Crippen LogP contribution < -0.4 is 5.32 Å². The van der Waals surface area contributed by atoms with Crippen LogP contribution in [0.25, 0.3) is 11.0 Å². The Kier molecular flexibility index (Phi) is 5.12. The van der Waals surface area contributed by atoms with Gasteiger partial charge in [-0.15, -0.1) is 0 Å². The molecule has 0 fully saturated rings. The summed E-state index contributed by atoms with van der Waals surface area (Å²) in [4.78, 5) is 32.4. The van der Waals surface area contributed by atoms with Crippen molar-refractivity contribution in [2.45, 2.75) is 33.6 Å². The first-order valence-electron chi connectivity index (χ1n) is 8.78. The number of nitro benzene ring substituents is 1. The van der Waals surface area contributed by atoms with Crippen molar-refractivity contribution >= 4 is 28.3 Å². The number of anilines is 1. The summed E-state index contributed by atoms with van der Waals surface area (Å²) in [6, 6.07) is 9.76. The molecule has 7 nitrogen and oxygen atoms in total. The molecule has 1 N–H and O–H groups in total. The lowest BCUT2D eigenvalue weighted by Crippen LogP contribution is -2.12. The van der Waals surface area contributed by atoms with E-state index in [0.29, 0.717) is 22.3 Å². The molecule has 0 aliphatic rings. The van der Waals surface area contributed by atoms with E-state index in [1.165, 1.54) is 6.07 Å². The van der Waals surface area contributed by atoms with Crippen LogP contribution in [0.3, 0.4) is 0 Å². The van der Waals surface area contributed by atoms with Gasteiger partial charge in [0.2, 0.25) is 0 Å². The van der Waals surface area contributed by atoms with Gasteiger partial charge in [0, 0.05) is 22.9 Å². The summed E-state index contributed by atoms with van der Waals surface area (Å²) in [5.74, 6) is -0.352. The first kappa shape index (κ1) is 18.4. The molecule has 0 aliphatic carbocycles. The molecule has 3 aromatic rings. The average Bonchev–Trinajstić information content (AvgIpc) is 2.67. The molecular weight excluding hydrogens is 344 g/mol. The van der Waals surface area contributed by atoms with Crippen LogP contribution >= 0.6 is 0 Å². The van der Waals surface area contributed by atoms with Crippen LogP contribution in [0, 0.1) is 17.0 Å². The smallest absolute Gasteiger partial charge is 0.274 e. The number of nitrogens with one attached hydrogen (secondary N) is 1. The van der Waals surface area contributed by atoms with E-state index < -0.39 is 4.92 Å². The Morgan fingerprint density at radius 1 is 1.04 bits per heavy atom. The molecule has 0 aliphatic heterocycles. The Balaban J connectivity index is 1.92. The van der Waals surface area contributed by atoms with Crippen molar-refractivity contribution in [3.05, 3.63) is 69.0 Å². The van der Waals surface area contributed by atoms with Gasteiger partial charge in [0.05, 0.1) is 27.3 Å². The van der Waals surface area contributed by atoms with Crippen LogP contribution in [0.1, 0.15) is 41.2 Å². The number of rotatable bonds is 5. The van der Waals surface area contributed by atoms with E-state index in [1.54, 1.807) is 37.3 Å². The minimum atomic E-state index is -0.464. The zero-order chi connectivity index (χ0) is 19.6. The molecule has 0 bridgehead atoms. The summed E-state index contributed by atoms with van der Waals surface area (Å²) in [5.41, 5.74) is 4.60. The van der Waals surface area contributed by atoms with Crippen LogP contribution in [0.4, 0.5) is 11.4 Å². The van der Waals surface area contributed by atoms with E-state index in [-0.39, 0.29) is 11.6 Å². The number of hydrogen-bond donors (Lipinski definition) is 1. The van der Waals surface area contributed by atoms with Gasteiger partial charge in [0.25, 0.3) is 11.6 Å². The monoisotopic (exact) mass is 364 g/mol. The lowest BCUT2D eigenvalue weighted by atomic mass is 10.1. The van der Waals surface area contributed by atoms with Gasteiger partial charge in [-0.1, -0.05) is 19.9 Å². The maximum Gasteiger partial charge on any atom is 0.274 e. The summed E-state index contributed by atoms with van der Waals surface area (Å²) in [6.45, 7) is 5.72. The second-order valence-electron chi connectivity index (χ2n) is 6.24. The number of hydrogen-bond acceptors (Lipinski definition) is 5. The number of amides is 1. The standard InChI is InChI=1S/C20H20N4O3/c1-4-15-16(5-2)23-18-10-13(7-9-17(18)22-15)20(25)21-14-8-6-12(3)19(11-14)24(26)27/h6-11H,4-5H2,1-3H3,(H,21,25). The number of aromatic nitrogens is 2. The van der Waals surface area contributed by atoms with E-state index in [1.807, 2.05) is 13.8 Å². The number of nitrogens with zero attached hydrogens (tertiary/aromatic N) is 3. The molecule has 138 valence electrons. The van der Waals surface area contributed by atoms with E-state index >= 15 is 0 Å².